The largest absolute Gasteiger partial charge is 0.496 e. The van der Waals surface area contributed by atoms with Crippen LogP contribution in [0.5, 0.6) is 17.2 Å². The lowest BCUT2D eigenvalue weighted by atomic mass is 10.1. The van der Waals surface area contributed by atoms with Gasteiger partial charge in [-0.2, -0.15) is 10.2 Å². The quantitative estimate of drug-likeness (QED) is 0.471. The van der Waals surface area contributed by atoms with Gasteiger partial charge in [-0.1, -0.05) is 0 Å². The maximum atomic E-state index is 13.0. The number of carbonyl (C=O) groups is 1. The Hall–Kier alpha value is -3.88. The molecule has 0 saturated carbocycles. The molecule has 3 rings (SSSR count). The van der Waals surface area contributed by atoms with E-state index in [1.807, 2.05) is 0 Å². The molecular weight excluding hydrogens is 379 g/mol. The lowest BCUT2D eigenvalue weighted by Crippen LogP contribution is -2.18. The third-order valence-corrected chi connectivity index (χ3v) is 4.07. The number of rotatable bonds is 7. The Morgan fingerprint density at radius 3 is 2.34 bits per heavy atom. The van der Waals surface area contributed by atoms with E-state index in [-0.39, 0.29) is 11.5 Å². The van der Waals surface area contributed by atoms with E-state index in [1.165, 1.54) is 39.7 Å². The summed E-state index contributed by atoms with van der Waals surface area (Å²) in [5.41, 5.74) is 4.40. The SMILES string of the molecule is COc1cc(OC)c(OC)cc1/C=N/NC(=O)c1cc(-c2ccc(F)cc2)n[nH]1. The van der Waals surface area contributed by atoms with Gasteiger partial charge in [0.15, 0.2) is 11.5 Å². The molecule has 0 bridgehead atoms. The fourth-order valence-electron chi connectivity index (χ4n) is 2.58. The van der Waals surface area contributed by atoms with Crippen LogP contribution >= 0.6 is 0 Å². The minimum Gasteiger partial charge on any atom is -0.496 e. The van der Waals surface area contributed by atoms with Crippen LogP contribution in [0.4, 0.5) is 4.39 Å². The number of nitrogens with zero attached hydrogens (tertiary/aromatic N) is 2. The Morgan fingerprint density at radius 1 is 1.03 bits per heavy atom. The van der Waals surface area contributed by atoms with Crippen molar-refractivity contribution in [3.8, 4) is 28.5 Å². The monoisotopic (exact) mass is 398 g/mol. The maximum Gasteiger partial charge on any atom is 0.289 e. The lowest BCUT2D eigenvalue weighted by Gasteiger charge is -2.11. The molecule has 2 aromatic carbocycles. The topological polar surface area (TPSA) is 97.8 Å². The summed E-state index contributed by atoms with van der Waals surface area (Å²) in [4.78, 5) is 12.3. The van der Waals surface area contributed by atoms with E-state index >= 15 is 0 Å². The van der Waals surface area contributed by atoms with Gasteiger partial charge in [-0.25, -0.2) is 9.82 Å². The number of carbonyl (C=O) groups excluding carboxylic acids is 1. The van der Waals surface area contributed by atoms with Crippen molar-refractivity contribution in [3.05, 3.63) is 59.5 Å². The highest BCUT2D eigenvalue weighted by Crippen LogP contribution is 2.33. The van der Waals surface area contributed by atoms with Gasteiger partial charge < -0.3 is 14.2 Å². The molecule has 0 radical (unpaired) electrons. The van der Waals surface area contributed by atoms with E-state index in [0.717, 1.165) is 0 Å². The molecule has 1 heterocycles. The number of ether oxygens (including phenoxy) is 3. The number of hydrogen-bond acceptors (Lipinski definition) is 6. The first-order chi connectivity index (χ1) is 14.0. The van der Waals surface area contributed by atoms with Gasteiger partial charge in [0, 0.05) is 17.2 Å². The molecule has 0 atom stereocenters. The van der Waals surface area contributed by atoms with Crippen LogP contribution < -0.4 is 19.6 Å². The molecule has 9 heteroatoms. The van der Waals surface area contributed by atoms with Crippen molar-refractivity contribution < 1.29 is 23.4 Å². The van der Waals surface area contributed by atoms with Crippen molar-refractivity contribution in [3.63, 3.8) is 0 Å². The van der Waals surface area contributed by atoms with Gasteiger partial charge in [-0.05, 0) is 36.4 Å². The number of nitrogens with one attached hydrogen (secondary N) is 2. The second-order valence-electron chi connectivity index (χ2n) is 5.82. The summed E-state index contributed by atoms with van der Waals surface area (Å²) in [6.07, 6.45) is 1.43. The highest BCUT2D eigenvalue weighted by atomic mass is 19.1. The Kier molecular flexibility index (Phi) is 6.08. The average Bonchev–Trinajstić information content (AvgIpc) is 3.24. The van der Waals surface area contributed by atoms with Crippen LogP contribution in [0.2, 0.25) is 0 Å². The molecular formula is C20H19FN4O4. The van der Waals surface area contributed by atoms with E-state index in [0.29, 0.717) is 34.1 Å². The number of amides is 1. The van der Waals surface area contributed by atoms with Crippen LogP contribution in [0.25, 0.3) is 11.3 Å². The van der Waals surface area contributed by atoms with Crippen LogP contribution in [0.3, 0.4) is 0 Å². The fraction of sp³-hybridized carbons (Fsp3) is 0.150. The average molecular weight is 398 g/mol. The third kappa shape index (κ3) is 4.52. The summed E-state index contributed by atoms with van der Waals surface area (Å²) >= 11 is 0. The summed E-state index contributed by atoms with van der Waals surface area (Å²) in [6, 6.07) is 10.7. The molecule has 0 aliphatic rings. The standard InChI is InChI=1S/C20H19FN4O4/c1-27-17-10-19(29-3)18(28-2)8-13(17)11-22-25-20(26)16-9-15(23-24-16)12-4-6-14(21)7-5-12/h4-11H,1-3H3,(H,23,24)(H,25,26)/b22-11+. The number of benzene rings is 2. The summed E-state index contributed by atoms with van der Waals surface area (Å²) in [5, 5.41) is 10.6. The van der Waals surface area contributed by atoms with E-state index in [1.54, 1.807) is 30.3 Å². The van der Waals surface area contributed by atoms with Gasteiger partial charge >= 0.3 is 0 Å². The molecule has 0 spiro atoms. The highest BCUT2D eigenvalue weighted by molar-refractivity contribution is 5.94. The van der Waals surface area contributed by atoms with Crippen molar-refractivity contribution in [2.24, 2.45) is 5.10 Å². The molecule has 0 saturated heterocycles. The molecule has 1 aromatic heterocycles. The number of H-pyrrole nitrogens is 1. The smallest absolute Gasteiger partial charge is 0.289 e. The summed E-state index contributed by atoms with van der Waals surface area (Å²) in [5.74, 6) is 0.680. The first-order valence-corrected chi connectivity index (χ1v) is 8.50. The van der Waals surface area contributed by atoms with Crippen molar-refractivity contribution in [2.75, 3.05) is 21.3 Å². The minimum absolute atomic E-state index is 0.209. The lowest BCUT2D eigenvalue weighted by molar-refractivity contribution is 0.0950. The van der Waals surface area contributed by atoms with Crippen LogP contribution in [-0.4, -0.2) is 43.6 Å². The highest BCUT2D eigenvalue weighted by Gasteiger charge is 2.12. The second kappa shape index (κ2) is 8.87. The zero-order valence-corrected chi connectivity index (χ0v) is 16.0. The molecule has 0 unspecified atom stereocenters. The number of aromatic nitrogens is 2. The summed E-state index contributed by atoms with van der Waals surface area (Å²) in [7, 11) is 4.55. The van der Waals surface area contributed by atoms with E-state index in [4.69, 9.17) is 14.2 Å². The predicted octanol–water partition coefficient (Wildman–Crippen LogP) is 3.01. The third-order valence-electron chi connectivity index (χ3n) is 4.07. The Balaban J connectivity index is 1.72. The van der Waals surface area contributed by atoms with E-state index in [9.17, 15) is 9.18 Å². The Labute approximate surface area is 166 Å². The summed E-state index contributed by atoms with van der Waals surface area (Å²) in [6.45, 7) is 0. The van der Waals surface area contributed by atoms with Crippen molar-refractivity contribution in [1.29, 1.82) is 0 Å². The van der Waals surface area contributed by atoms with Crippen LogP contribution in [0.1, 0.15) is 16.1 Å². The molecule has 0 aliphatic carbocycles. The van der Waals surface area contributed by atoms with Gasteiger partial charge in [-0.3, -0.25) is 9.89 Å². The Morgan fingerprint density at radius 2 is 1.69 bits per heavy atom. The van der Waals surface area contributed by atoms with Crippen molar-refractivity contribution in [2.45, 2.75) is 0 Å². The number of aromatic amines is 1. The maximum absolute atomic E-state index is 13.0. The van der Waals surface area contributed by atoms with Gasteiger partial charge in [-0.15, -0.1) is 0 Å². The van der Waals surface area contributed by atoms with Crippen LogP contribution in [-0.2, 0) is 0 Å². The number of hydrazone groups is 1. The van der Waals surface area contributed by atoms with Crippen LogP contribution in [0.15, 0.2) is 47.6 Å². The zero-order chi connectivity index (χ0) is 20.8. The minimum atomic E-state index is -0.485. The number of halogens is 1. The van der Waals surface area contributed by atoms with Crippen LogP contribution in [0, 0.1) is 5.82 Å². The summed E-state index contributed by atoms with van der Waals surface area (Å²) < 4.78 is 28.8. The molecule has 0 aliphatic heterocycles. The van der Waals surface area contributed by atoms with E-state index < -0.39 is 5.91 Å². The van der Waals surface area contributed by atoms with Gasteiger partial charge in [0.2, 0.25) is 0 Å². The zero-order valence-electron chi connectivity index (χ0n) is 16.0. The first-order valence-electron chi connectivity index (χ1n) is 8.50. The fourth-order valence-corrected chi connectivity index (χ4v) is 2.58. The van der Waals surface area contributed by atoms with Gasteiger partial charge in [0.05, 0.1) is 33.2 Å². The first kappa shape index (κ1) is 19.9. The molecule has 0 fully saturated rings. The number of hydrogen-bond donors (Lipinski definition) is 2. The molecule has 2 N–H and O–H groups in total. The van der Waals surface area contributed by atoms with Crippen molar-refractivity contribution >= 4 is 12.1 Å². The van der Waals surface area contributed by atoms with Crippen molar-refractivity contribution in [1.82, 2.24) is 15.6 Å². The molecule has 150 valence electrons. The van der Waals surface area contributed by atoms with Gasteiger partial charge in [0.25, 0.3) is 5.91 Å². The predicted molar refractivity (Wildman–Crippen MR) is 105 cm³/mol. The molecule has 1 amide bonds. The molecule has 29 heavy (non-hydrogen) atoms. The molecule has 3 aromatic rings. The second-order valence-corrected chi connectivity index (χ2v) is 5.82. The van der Waals surface area contributed by atoms with Gasteiger partial charge in [0.1, 0.15) is 17.3 Å². The normalized spacial score (nSPS) is 10.8. The van der Waals surface area contributed by atoms with E-state index in [2.05, 4.69) is 20.7 Å². The Bertz CT molecular complexity index is 1030. The number of methoxy groups -OCH3 is 3. The molecule has 8 nitrogen and oxygen atoms in total.